The third-order valence-corrected chi connectivity index (χ3v) is 4.47. The summed E-state index contributed by atoms with van der Waals surface area (Å²) in [4.78, 5) is 11.4. The van der Waals surface area contributed by atoms with Gasteiger partial charge in [-0.3, -0.25) is 4.79 Å². The summed E-state index contributed by atoms with van der Waals surface area (Å²) < 4.78 is 28.0. The van der Waals surface area contributed by atoms with E-state index in [1.165, 1.54) is 0 Å². The maximum absolute atomic E-state index is 11.4. The molecule has 106 valence electrons. The molecule has 1 atom stereocenters. The lowest BCUT2D eigenvalue weighted by molar-refractivity contribution is -0.154. The van der Waals surface area contributed by atoms with Crippen LogP contribution in [0.4, 0.5) is 0 Å². The Hall–Kier alpha value is -0.620. The minimum atomic E-state index is -2.89. The van der Waals surface area contributed by atoms with E-state index in [1.54, 1.807) is 0 Å². The van der Waals surface area contributed by atoms with E-state index in [9.17, 15) is 13.2 Å². The average Bonchev–Trinajstić information content (AvgIpc) is 2.12. The summed E-state index contributed by atoms with van der Waals surface area (Å²) in [5.41, 5.74) is -0.467. The molecule has 0 aromatic rings. The van der Waals surface area contributed by atoms with Crippen LogP contribution in [0.15, 0.2) is 0 Å². The number of nitrogens with one attached hydrogen (secondary N) is 1. The molecule has 5 nitrogen and oxygen atoms in total. The lowest BCUT2D eigenvalue weighted by Gasteiger charge is -2.23. The molecule has 6 heteroatoms. The molecule has 1 N–H and O–H groups in total. The zero-order valence-electron chi connectivity index (χ0n) is 11.4. The van der Waals surface area contributed by atoms with Crippen molar-refractivity contribution < 1.29 is 17.9 Å². The Morgan fingerprint density at radius 2 is 2.06 bits per heavy atom. The summed E-state index contributed by atoms with van der Waals surface area (Å²) in [5.74, 6) is 0.215. The van der Waals surface area contributed by atoms with Crippen molar-refractivity contribution in [3.63, 3.8) is 0 Å². The first-order valence-electron chi connectivity index (χ1n) is 6.34. The minimum Gasteiger partial charge on any atom is -0.460 e. The number of carbonyl (C=O) groups is 1. The predicted molar refractivity (Wildman–Crippen MR) is 70.1 cm³/mol. The van der Waals surface area contributed by atoms with E-state index in [4.69, 9.17) is 4.74 Å². The van der Waals surface area contributed by atoms with Crippen LogP contribution in [0.1, 0.15) is 40.0 Å². The first kappa shape index (κ1) is 15.4. The van der Waals surface area contributed by atoms with Gasteiger partial charge in [0.05, 0.1) is 17.9 Å². The van der Waals surface area contributed by atoms with Gasteiger partial charge in [0.1, 0.15) is 5.60 Å². The smallest absolute Gasteiger partial charge is 0.307 e. The molecular formula is C12H23NO4S. The Morgan fingerprint density at radius 1 is 1.39 bits per heavy atom. The van der Waals surface area contributed by atoms with Crippen molar-refractivity contribution in [1.29, 1.82) is 0 Å². The molecule has 0 aromatic heterocycles. The van der Waals surface area contributed by atoms with Crippen molar-refractivity contribution in [2.45, 2.75) is 51.7 Å². The minimum absolute atomic E-state index is 0.0220. The van der Waals surface area contributed by atoms with Crippen molar-refractivity contribution in [3.05, 3.63) is 0 Å². The fourth-order valence-corrected chi connectivity index (χ4v) is 3.63. The normalized spacial score (nSPS) is 23.6. The van der Waals surface area contributed by atoms with Crippen LogP contribution in [0.2, 0.25) is 0 Å². The highest BCUT2D eigenvalue weighted by atomic mass is 32.2. The average molecular weight is 277 g/mol. The molecule has 0 bridgehead atoms. The van der Waals surface area contributed by atoms with Crippen LogP contribution in [0.3, 0.4) is 0 Å². The van der Waals surface area contributed by atoms with Crippen LogP contribution in [-0.4, -0.2) is 44.1 Å². The Labute approximate surface area is 109 Å². The highest BCUT2D eigenvalue weighted by Gasteiger charge is 2.24. The fraction of sp³-hybridized carbons (Fsp3) is 0.917. The van der Waals surface area contributed by atoms with Crippen molar-refractivity contribution in [2.75, 3.05) is 18.1 Å². The van der Waals surface area contributed by atoms with Gasteiger partial charge in [0.15, 0.2) is 9.84 Å². The summed E-state index contributed by atoms with van der Waals surface area (Å²) in [6.45, 7) is 5.94. The standard InChI is InChI=1S/C12H23NO4S/c1-12(2,3)17-11(14)6-7-13-10-5-4-8-18(15,16)9-10/h10,13H,4-9H2,1-3H3. The Bertz CT molecular complexity index is 383. The lowest BCUT2D eigenvalue weighted by atomic mass is 10.2. The second-order valence-corrected chi connectivity index (χ2v) is 7.97. The van der Waals surface area contributed by atoms with E-state index < -0.39 is 15.4 Å². The summed E-state index contributed by atoms with van der Waals surface area (Å²) in [5, 5.41) is 3.11. The molecule has 1 aliphatic rings. The summed E-state index contributed by atoms with van der Waals surface area (Å²) >= 11 is 0. The largest absolute Gasteiger partial charge is 0.460 e. The molecule has 1 unspecified atom stereocenters. The van der Waals surface area contributed by atoms with Crippen LogP contribution in [-0.2, 0) is 19.4 Å². The van der Waals surface area contributed by atoms with Gasteiger partial charge in [-0.05, 0) is 33.6 Å². The maximum Gasteiger partial charge on any atom is 0.307 e. The molecule has 0 amide bonds. The highest BCUT2D eigenvalue weighted by molar-refractivity contribution is 7.91. The summed E-state index contributed by atoms with van der Waals surface area (Å²) in [7, 11) is -2.89. The van der Waals surface area contributed by atoms with Crippen molar-refractivity contribution in [2.24, 2.45) is 0 Å². The van der Waals surface area contributed by atoms with Gasteiger partial charge in [0.25, 0.3) is 0 Å². The third-order valence-electron chi connectivity index (χ3n) is 2.65. The van der Waals surface area contributed by atoms with Crippen molar-refractivity contribution in [3.8, 4) is 0 Å². The van der Waals surface area contributed by atoms with Gasteiger partial charge in [-0.25, -0.2) is 8.42 Å². The molecule has 18 heavy (non-hydrogen) atoms. The van der Waals surface area contributed by atoms with E-state index in [0.29, 0.717) is 13.0 Å². The van der Waals surface area contributed by atoms with Crippen molar-refractivity contribution in [1.82, 2.24) is 5.32 Å². The molecule has 0 aromatic carbocycles. The number of ether oxygens (including phenoxy) is 1. The van der Waals surface area contributed by atoms with Crippen LogP contribution in [0.5, 0.6) is 0 Å². The third kappa shape index (κ3) is 6.35. The number of esters is 1. The first-order chi connectivity index (χ1) is 8.18. The van der Waals surface area contributed by atoms with E-state index in [-0.39, 0.29) is 29.9 Å². The number of sulfone groups is 1. The van der Waals surface area contributed by atoms with Crippen molar-refractivity contribution >= 4 is 15.8 Å². The van der Waals surface area contributed by atoms with Crippen LogP contribution < -0.4 is 5.32 Å². The molecule has 1 rings (SSSR count). The molecule has 1 fully saturated rings. The van der Waals surface area contributed by atoms with Gasteiger partial charge in [0, 0.05) is 12.6 Å². The van der Waals surface area contributed by atoms with Gasteiger partial charge in [-0.2, -0.15) is 0 Å². The Morgan fingerprint density at radius 3 is 2.61 bits per heavy atom. The topological polar surface area (TPSA) is 72.5 Å². The Balaban J connectivity index is 2.24. The van der Waals surface area contributed by atoms with E-state index in [2.05, 4.69) is 5.32 Å². The monoisotopic (exact) mass is 277 g/mol. The van der Waals surface area contributed by atoms with Crippen LogP contribution >= 0.6 is 0 Å². The maximum atomic E-state index is 11.4. The molecule has 1 aliphatic heterocycles. The lowest BCUT2D eigenvalue weighted by Crippen LogP contribution is -2.41. The zero-order chi connectivity index (χ0) is 13.8. The summed E-state index contributed by atoms with van der Waals surface area (Å²) in [6, 6.07) is -0.0220. The zero-order valence-corrected chi connectivity index (χ0v) is 12.2. The summed E-state index contributed by atoms with van der Waals surface area (Å²) in [6.07, 6.45) is 1.83. The Kier molecular flexibility index (Phi) is 5.16. The van der Waals surface area contributed by atoms with E-state index >= 15 is 0 Å². The van der Waals surface area contributed by atoms with Gasteiger partial charge in [-0.15, -0.1) is 0 Å². The molecule has 0 spiro atoms. The number of hydrogen-bond donors (Lipinski definition) is 1. The highest BCUT2D eigenvalue weighted by Crippen LogP contribution is 2.12. The molecule has 0 saturated carbocycles. The van der Waals surface area contributed by atoms with Gasteiger partial charge in [0.2, 0.25) is 0 Å². The quantitative estimate of drug-likeness (QED) is 0.772. The number of carbonyl (C=O) groups excluding carboxylic acids is 1. The first-order valence-corrected chi connectivity index (χ1v) is 8.16. The number of rotatable bonds is 4. The number of hydrogen-bond acceptors (Lipinski definition) is 5. The van der Waals surface area contributed by atoms with Gasteiger partial charge in [-0.1, -0.05) is 0 Å². The van der Waals surface area contributed by atoms with E-state index in [0.717, 1.165) is 6.42 Å². The van der Waals surface area contributed by atoms with Gasteiger partial charge >= 0.3 is 5.97 Å². The van der Waals surface area contributed by atoms with Crippen LogP contribution in [0.25, 0.3) is 0 Å². The van der Waals surface area contributed by atoms with E-state index in [1.807, 2.05) is 20.8 Å². The van der Waals surface area contributed by atoms with Crippen LogP contribution in [0, 0.1) is 0 Å². The molecule has 0 radical (unpaired) electrons. The van der Waals surface area contributed by atoms with Gasteiger partial charge < -0.3 is 10.1 Å². The second kappa shape index (κ2) is 6.02. The predicted octanol–water partition coefficient (Wildman–Crippen LogP) is 0.885. The SMILES string of the molecule is CC(C)(C)OC(=O)CCNC1CCCS(=O)(=O)C1. The molecular weight excluding hydrogens is 254 g/mol. The fourth-order valence-electron chi connectivity index (χ4n) is 1.95. The molecule has 1 saturated heterocycles. The second-order valence-electron chi connectivity index (χ2n) is 5.74. The molecule has 0 aliphatic carbocycles. The molecule has 1 heterocycles.